The van der Waals surface area contributed by atoms with Crippen LogP contribution >= 0.6 is 22.6 Å². The summed E-state index contributed by atoms with van der Waals surface area (Å²) in [5.74, 6) is 1.16. The Morgan fingerprint density at radius 3 is 2.04 bits per heavy atom. The molecule has 0 aliphatic carbocycles. The van der Waals surface area contributed by atoms with Crippen LogP contribution < -0.4 is 0 Å². The molecule has 0 spiro atoms. The number of aliphatic hydroxyl groups excluding tert-OH is 1. The van der Waals surface area contributed by atoms with E-state index in [1.54, 1.807) is 14.2 Å². The first-order valence-corrected chi connectivity index (χ1v) is 13.9. The Balaban J connectivity index is 3.24. The minimum atomic E-state index is -2.09. The normalized spacial score (nSPS) is 23.4. The van der Waals surface area contributed by atoms with Crippen LogP contribution in [0.2, 0.25) is 18.1 Å². The highest BCUT2D eigenvalue weighted by molar-refractivity contribution is 14.1. The molecular formula is C20H37IN2O4Si. The fraction of sp³-hybridized carbons (Fsp3) is 0.800. The monoisotopic (exact) mass is 524 g/mol. The standard InChI is InChI=1S/C20H37IN2O4Si/c1-13(2)15-18(25-6)23-16(19(22-15)26-7)17(24)14(11-10-12-21)27-28(8,9)20(3,4)5/h10,12-17,24H,11H2,1-9H3/t14-,15-,16+,17?/m1/s1. The summed E-state index contributed by atoms with van der Waals surface area (Å²) in [6.07, 6.45) is 1.30. The number of hydrogen-bond donors (Lipinski definition) is 1. The second kappa shape index (κ2) is 10.5. The molecule has 1 aliphatic rings. The van der Waals surface area contributed by atoms with Gasteiger partial charge in [0.15, 0.2) is 14.4 Å². The molecule has 1 N–H and O–H groups in total. The van der Waals surface area contributed by atoms with Gasteiger partial charge >= 0.3 is 0 Å². The molecule has 0 aromatic heterocycles. The van der Waals surface area contributed by atoms with Crippen molar-refractivity contribution in [2.75, 3.05) is 14.2 Å². The fourth-order valence-electron chi connectivity index (χ4n) is 2.74. The van der Waals surface area contributed by atoms with Gasteiger partial charge in [-0.2, -0.15) is 0 Å². The highest BCUT2D eigenvalue weighted by Gasteiger charge is 2.44. The number of methoxy groups -OCH3 is 2. The molecule has 8 heteroatoms. The Morgan fingerprint density at radius 1 is 1.11 bits per heavy atom. The third-order valence-electron chi connectivity index (χ3n) is 5.50. The zero-order chi connectivity index (χ0) is 21.7. The SMILES string of the molecule is COC1=N[C@H](C(C)C)C(OC)=N[C@H]1C(O)[C@@H](CC=CI)O[Si](C)(C)C(C)(C)C. The zero-order valence-electron chi connectivity index (χ0n) is 18.7. The van der Waals surface area contributed by atoms with Crippen molar-refractivity contribution in [1.29, 1.82) is 0 Å². The Labute approximate surface area is 185 Å². The van der Waals surface area contributed by atoms with E-state index in [0.717, 1.165) is 0 Å². The quantitative estimate of drug-likeness (QED) is 0.391. The molecule has 6 nitrogen and oxygen atoms in total. The van der Waals surface area contributed by atoms with Crippen molar-refractivity contribution in [3.63, 3.8) is 0 Å². The van der Waals surface area contributed by atoms with Crippen molar-refractivity contribution in [3.8, 4) is 0 Å². The lowest BCUT2D eigenvalue weighted by Gasteiger charge is -2.41. The van der Waals surface area contributed by atoms with Crippen LogP contribution in [0.3, 0.4) is 0 Å². The Kier molecular flexibility index (Phi) is 9.63. The molecule has 1 aliphatic heterocycles. The summed E-state index contributed by atoms with van der Waals surface area (Å²) >= 11 is 2.18. The average molecular weight is 525 g/mol. The van der Waals surface area contributed by atoms with Crippen LogP contribution in [0.1, 0.15) is 41.0 Å². The summed E-state index contributed by atoms with van der Waals surface area (Å²) in [4.78, 5) is 9.35. The number of aliphatic imine (C=N–C) groups is 2. The van der Waals surface area contributed by atoms with Crippen LogP contribution in [0.25, 0.3) is 0 Å². The van der Waals surface area contributed by atoms with Crippen molar-refractivity contribution in [2.45, 2.75) is 83.5 Å². The van der Waals surface area contributed by atoms with Gasteiger partial charge in [-0.15, -0.1) is 0 Å². The summed E-state index contributed by atoms with van der Waals surface area (Å²) in [7, 11) is 1.07. The molecule has 0 saturated carbocycles. The summed E-state index contributed by atoms with van der Waals surface area (Å²) in [6.45, 7) is 15.1. The van der Waals surface area contributed by atoms with Gasteiger partial charge in [-0.3, -0.25) is 0 Å². The van der Waals surface area contributed by atoms with Crippen LogP contribution in [0.5, 0.6) is 0 Å². The molecular weight excluding hydrogens is 487 g/mol. The van der Waals surface area contributed by atoms with Gasteiger partial charge in [-0.1, -0.05) is 63.3 Å². The van der Waals surface area contributed by atoms with Gasteiger partial charge < -0.3 is 19.0 Å². The molecule has 0 radical (unpaired) electrons. The molecule has 0 aromatic carbocycles. The van der Waals surface area contributed by atoms with E-state index in [4.69, 9.17) is 13.9 Å². The molecule has 1 rings (SSSR count). The molecule has 0 saturated heterocycles. The maximum atomic E-state index is 11.3. The van der Waals surface area contributed by atoms with E-state index < -0.39 is 26.6 Å². The summed E-state index contributed by atoms with van der Waals surface area (Å²) in [6, 6.07) is -0.857. The number of ether oxygens (including phenoxy) is 2. The maximum absolute atomic E-state index is 11.3. The van der Waals surface area contributed by atoms with E-state index >= 15 is 0 Å². The molecule has 0 aromatic rings. The first-order chi connectivity index (χ1) is 12.9. The number of rotatable bonds is 7. The average Bonchev–Trinajstić information content (AvgIpc) is 2.62. The van der Waals surface area contributed by atoms with Gasteiger partial charge in [-0.05, 0) is 34.6 Å². The first-order valence-electron chi connectivity index (χ1n) is 9.74. The molecule has 28 heavy (non-hydrogen) atoms. The second-order valence-electron chi connectivity index (χ2n) is 8.98. The Morgan fingerprint density at radius 2 is 1.61 bits per heavy atom. The van der Waals surface area contributed by atoms with Crippen molar-refractivity contribution in [1.82, 2.24) is 0 Å². The predicted octanol–water partition coefficient (Wildman–Crippen LogP) is 4.57. The van der Waals surface area contributed by atoms with E-state index in [9.17, 15) is 5.11 Å². The second-order valence-corrected chi connectivity index (χ2v) is 14.5. The van der Waals surface area contributed by atoms with Crippen molar-refractivity contribution < 1.29 is 19.0 Å². The lowest BCUT2D eigenvalue weighted by Crippen LogP contribution is -2.52. The predicted molar refractivity (Wildman–Crippen MR) is 127 cm³/mol. The van der Waals surface area contributed by atoms with Crippen LogP contribution in [0.4, 0.5) is 0 Å². The summed E-state index contributed by atoms with van der Waals surface area (Å²) in [5.41, 5.74) is 0. The van der Waals surface area contributed by atoms with Gasteiger partial charge in [0, 0.05) is 0 Å². The van der Waals surface area contributed by atoms with Gasteiger partial charge in [0.25, 0.3) is 0 Å². The highest BCUT2D eigenvalue weighted by atomic mass is 127. The van der Waals surface area contributed by atoms with Gasteiger partial charge in [0.2, 0.25) is 11.8 Å². The molecule has 0 fully saturated rings. The Bertz CT molecular complexity index is 600. The van der Waals surface area contributed by atoms with Gasteiger partial charge in [0.1, 0.15) is 12.1 Å². The van der Waals surface area contributed by atoms with Crippen LogP contribution in [0, 0.1) is 5.92 Å². The minimum Gasteiger partial charge on any atom is -0.483 e. The van der Waals surface area contributed by atoms with Crippen LogP contribution in [-0.4, -0.2) is 63.7 Å². The number of halogens is 1. The lowest BCUT2D eigenvalue weighted by molar-refractivity contribution is 0.0214. The van der Waals surface area contributed by atoms with Crippen molar-refractivity contribution >= 4 is 42.7 Å². The van der Waals surface area contributed by atoms with E-state index in [0.29, 0.717) is 18.2 Å². The molecule has 162 valence electrons. The van der Waals surface area contributed by atoms with E-state index in [1.807, 2.05) is 10.2 Å². The zero-order valence-corrected chi connectivity index (χ0v) is 21.9. The summed E-state index contributed by atoms with van der Waals surface area (Å²) in [5, 5.41) is 11.3. The first kappa shape index (κ1) is 25.6. The topological polar surface area (TPSA) is 72.6 Å². The van der Waals surface area contributed by atoms with E-state index in [1.165, 1.54) is 0 Å². The summed E-state index contributed by atoms with van der Waals surface area (Å²) < 4.78 is 19.5. The molecule has 1 unspecified atom stereocenters. The molecule has 0 amide bonds. The maximum Gasteiger partial charge on any atom is 0.212 e. The molecule has 0 bridgehead atoms. The largest absolute Gasteiger partial charge is 0.483 e. The molecule has 4 atom stereocenters. The number of hydrogen-bond acceptors (Lipinski definition) is 6. The van der Waals surface area contributed by atoms with Gasteiger partial charge in [0.05, 0.1) is 20.3 Å². The number of aliphatic hydroxyl groups is 1. The third-order valence-corrected chi connectivity index (χ3v) is 10.5. The third kappa shape index (κ3) is 6.27. The van der Waals surface area contributed by atoms with E-state index in [2.05, 4.69) is 80.3 Å². The van der Waals surface area contributed by atoms with Crippen LogP contribution in [-0.2, 0) is 13.9 Å². The number of nitrogens with zero attached hydrogens (tertiary/aromatic N) is 2. The lowest BCUT2D eigenvalue weighted by atomic mass is 9.99. The fourth-order valence-corrected chi connectivity index (χ4v) is 4.38. The van der Waals surface area contributed by atoms with Crippen molar-refractivity contribution in [2.24, 2.45) is 15.9 Å². The van der Waals surface area contributed by atoms with Crippen LogP contribution in [0.15, 0.2) is 20.1 Å². The highest BCUT2D eigenvalue weighted by Crippen LogP contribution is 2.38. The van der Waals surface area contributed by atoms with E-state index in [-0.39, 0.29) is 17.0 Å². The van der Waals surface area contributed by atoms with Crippen molar-refractivity contribution in [3.05, 3.63) is 10.2 Å². The Hall–Kier alpha value is -0.453. The molecule has 1 heterocycles. The minimum absolute atomic E-state index is 0.0352. The van der Waals surface area contributed by atoms with Gasteiger partial charge in [-0.25, -0.2) is 9.98 Å². The smallest absolute Gasteiger partial charge is 0.212 e.